The Balaban J connectivity index is 0.000000148. The van der Waals surface area contributed by atoms with E-state index in [0.717, 1.165) is 38.2 Å². The van der Waals surface area contributed by atoms with Crippen molar-refractivity contribution in [2.24, 2.45) is 0 Å². The summed E-state index contributed by atoms with van der Waals surface area (Å²) >= 11 is 1.71. The summed E-state index contributed by atoms with van der Waals surface area (Å²) in [5, 5.41) is 2.13. The van der Waals surface area contributed by atoms with Crippen LogP contribution in [-0.4, -0.2) is 15.0 Å². The SMILES string of the molecule is CC1(C)c2c[c-]c(-c3ccc4ccncc4n3)cc2-c2ccccc21.[Ir].[c-]1ccc(-c2ccccc2)cc1-c1nc2ccccc2s1. The second kappa shape index (κ2) is 12.8. The van der Waals surface area contributed by atoms with Crippen molar-refractivity contribution in [1.29, 1.82) is 0 Å². The fraction of sp³-hybridized carbons (Fsp3) is 0.0714. The van der Waals surface area contributed by atoms with E-state index in [1.54, 1.807) is 17.5 Å². The van der Waals surface area contributed by atoms with E-state index in [1.165, 1.54) is 38.1 Å². The zero-order valence-corrected chi connectivity index (χ0v) is 29.1. The average molecular weight is 800 g/mol. The molecule has 0 fully saturated rings. The predicted molar refractivity (Wildman–Crippen MR) is 191 cm³/mol. The van der Waals surface area contributed by atoms with E-state index in [0.29, 0.717) is 0 Å². The summed E-state index contributed by atoms with van der Waals surface area (Å²) in [5.41, 5.74) is 12.7. The molecular formula is C42H29IrN3S-2. The van der Waals surface area contributed by atoms with E-state index < -0.39 is 0 Å². The zero-order valence-electron chi connectivity index (χ0n) is 25.9. The summed E-state index contributed by atoms with van der Waals surface area (Å²) in [4.78, 5) is 13.7. The first-order chi connectivity index (χ1) is 22.5. The van der Waals surface area contributed by atoms with Crippen LogP contribution in [0.5, 0.6) is 0 Å². The Morgan fingerprint density at radius 1 is 0.638 bits per heavy atom. The molecule has 0 unspecified atom stereocenters. The number of pyridine rings is 2. The standard InChI is InChI=1S/C23H17N2.C19H12NS.Ir/c1-23(2)19-6-4-3-5-17(19)18-13-16(7-9-20(18)23)21-10-8-15-11-12-24-14-22(15)25-21;1-2-7-14(8-3-1)15-9-6-10-16(13-15)19-20-17-11-4-5-12-18(17)21-19;/h3-6,8-14H,1-2H3;1-9,11-13H;/q2*-1;. The molecule has 1 aliphatic rings. The van der Waals surface area contributed by atoms with Gasteiger partial charge in [-0.3, -0.25) is 15.0 Å². The van der Waals surface area contributed by atoms with Crippen LogP contribution in [0.3, 0.4) is 0 Å². The van der Waals surface area contributed by atoms with Crippen molar-refractivity contribution in [2.45, 2.75) is 19.3 Å². The Bertz CT molecular complexity index is 2330. The number of hydrogen-bond donors (Lipinski definition) is 0. The first kappa shape index (κ1) is 30.8. The van der Waals surface area contributed by atoms with Crippen LogP contribution >= 0.6 is 11.3 Å². The molecule has 9 rings (SSSR count). The number of nitrogens with zero attached hydrogens (tertiary/aromatic N) is 3. The molecule has 3 nitrogen and oxygen atoms in total. The van der Waals surface area contributed by atoms with Crippen LogP contribution in [0.15, 0.2) is 140 Å². The zero-order chi connectivity index (χ0) is 31.1. The molecule has 229 valence electrons. The van der Waals surface area contributed by atoms with E-state index in [-0.39, 0.29) is 25.5 Å². The molecule has 0 aliphatic heterocycles. The van der Waals surface area contributed by atoms with Gasteiger partial charge in [0.2, 0.25) is 0 Å². The third-order valence-corrected chi connectivity index (χ3v) is 9.79. The Labute approximate surface area is 292 Å². The quantitative estimate of drug-likeness (QED) is 0.167. The van der Waals surface area contributed by atoms with Gasteiger partial charge >= 0.3 is 0 Å². The van der Waals surface area contributed by atoms with Gasteiger partial charge in [-0.2, -0.15) is 11.3 Å². The molecule has 3 aromatic heterocycles. The molecule has 5 aromatic carbocycles. The van der Waals surface area contributed by atoms with E-state index in [2.05, 4.69) is 128 Å². The predicted octanol–water partition coefficient (Wildman–Crippen LogP) is 10.8. The number of hydrogen-bond acceptors (Lipinski definition) is 4. The van der Waals surface area contributed by atoms with E-state index in [4.69, 9.17) is 9.97 Å². The van der Waals surface area contributed by atoms with E-state index in [1.807, 2.05) is 36.5 Å². The van der Waals surface area contributed by atoms with Crippen molar-refractivity contribution in [1.82, 2.24) is 15.0 Å². The molecule has 47 heavy (non-hydrogen) atoms. The molecule has 1 radical (unpaired) electrons. The summed E-state index contributed by atoms with van der Waals surface area (Å²) < 4.78 is 1.21. The Hall–Kier alpha value is -4.80. The summed E-state index contributed by atoms with van der Waals surface area (Å²) in [6, 6.07) is 50.8. The Morgan fingerprint density at radius 2 is 1.45 bits per heavy atom. The van der Waals surface area contributed by atoms with Crippen LogP contribution in [0.2, 0.25) is 0 Å². The fourth-order valence-corrected chi connectivity index (χ4v) is 7.24. The van der Waals surface area contributed by atoms with Crippen molar-refractivity contribution in [3.05, 3.63) is 163 Å². The van der Waals surface area contributed by atoms with Crippen LogP contribution in [0.4, 0.5) is 0 Å². The molecule has 3 heterocycles. The monoisotopic (exact) mass is 800 g/mol. The second-order valence-electron chi connectivity index (χ2n) is 12.0. The van der Waals surface area contributed by atoms with Crippen molar-refractivity contribution < 1.29 is 20.1 Å². The van der Waals surface area contributed by atoms with Crippen LogP contribution in [-0.2, 0) is 25.5 Å². The van der Waals surface area contributed by atoms with E-state index in [9.17, 15) is 0 Å². The molecule has 0 amide bonds. The number of thiazole rings is 1. The Morgan fingerprint density at radius 3 is 2.32 bits per heavy atom. The minimum atomic E-state index is 0. The number of rotatable bonds is 3. The first-order valence-electron chi connectivity index (χ1n) is 15.3. The van der Waals surface area contributed by atoms with E-state index >= 15 is 0 Å². The normalized spacial score (nSPS) is 12.5. The second-order valence-corrected chi connectivity index (χ2v) is 13.0. The first-order valence-corrected chi connectivity index (χ1v) is 16.2. The molecule has 8 aromatic rings. The number of para-hydroxylation sites is 1. The van der Waals surface area contributed by atoms with Crippen molar-refractivity contribution >= 4 is 32.5 Å². The van der Waals surface area contributed by atoms with Gasteiger partial charge in [-0.15, -0.1) is 64.7 Å². The van der Waals surface area contributed by atoms with Crippen LogP contribution in [0.1, 0.15) is 25.0 Å². The minimum Gasteiger partial charge on any atom is -0.295 e. The van der Waals surface area contributed by atoms with Crippen molar-refractivity contribution in [2.75, 3.05) is 0 Å². The van der Waals surface area contributed by atoms with Crippen LogP contribution in [0, 0.1) is 12.1 Å². The molecule has 5 heteroatoms. The minimum absolute atomic E-state index is 0. The largest absolute Gasteiger partial charge is 0.295 e. The fourth-order valence-electron chi connectivity index (χ4n) is 6.29. The molecular weight excluding hydrogens is 771 g/mol. The van der Waals surface area contributed by atoms with Gasteiger partial charge < -0.3 is 0 Å². The van der Waals surface area contributed by atoms with Gasteiger partial charge in [-0.1, -0.05) is 98.3 Å². The van der Waals surface area contributed by atoms with Gasteiger partial charge in [-0.05, 0) is 46.0 Å². The van der Waals surface area contributed by atoms with Gasteiger partial charge in [0, 0.05) is 41.4 Å². The van der Waals surface area contributed by atoms with Gasteiger partial charge in [0.05, 0.1) is 17.2 Å². The number of aromatic nitrogens is 3. The van der Waals surface area contributed by atoms with Crippen molar-refractivity contribution in [3.63, 3.8) is 0 Å². The topological polar surface area (TPSA) is 38.7 Å². The van der Waals surface area contributed by atoms with Crippen molar-refractivity contribution in [3.8, 4) is 44.1 Å². The van der Waals surface area contributed by atoms with Gasteiger partial charge in [-0.25, -0.2) is 0 Å². The van der Waals surface area contributed by atoms with Crippen LogP contribution < -0.4 is 0 Å². The molecule has 0 saturated heterocycles. The van der Waals surface area contributed by atoms with Gasteiger partial charge in [0.15, 0.2) is 0 Å². The van der Waals surface area contributed by atoms with Gasteiger partial charge in [0.1, 0.15) is 0 Å². The summed E-state index contributed by atoms with van der Waals surface area (Å²) in [6.45, 7) is 4.57. The maximum atomic E-state index is 4.77. The third-order valence-electron chi connectivity index (χ3n) is 8.72. The summed E-state index contributed by atoms with van der Waals surface area (Å²) in [6.07, 6.45) is 3.61. The number of fused-ring (bicyclic) bond motifs is 5. The maximum absolute atomic E-state index is 4.77. The summed E-state index contributed by atoms with van der Waals surface area (Å²) in [5.74, 6) is 0. The smallest absolute Gasteiger partial charge is 0.0778 e. The number of benzene rings is 5. The maximum Gasteiger partial charge on any atom is 0.0778 e. The Kier molecular flexibility index (Phi) is 8.38. The molecule has 0 bridgehead atoms. The molecule has 0 spiro atoms. The third kappa shape index (κ3) is 5.83. The molecule has 0 saturated carbocycles. The average Bonchev–Trinajstić information content (AvgIpc) is 3.65. The van der Waals surface area contributed by atoms with Gasteiger partial charge in [0.25, 0.3) is 0 Å². The summed E-state index contributed by atoms with van der Waals surface area (Å²) in [7, 11) is 0. The van der Waals surface area contributed by atoms with Crippen LogP contribution in [0.25, 0.3) is 65.2 Å². The molecule has 1 aliphatic carbocycles. The molecule has 0 N–H and O–H groups in total. The molecule has 0 atom stereocenters.